The quantitative estimate of drug-likeness (QED) is 0.0567. The van der Waals surface area contributed by atoms with Crippen LogP contribution < -0.4 is 31.8 Å². The van der Waals surface area contributed by atoms with Crippen molar-refractivity contribution in [1.29, 1.82) is 0 Å². The summed E-state index contributed by atoms with van der Waals surface area (Å²) < 4.78 is 320. The molecule has 8 aliphatic heterocycles. The number of rotatable bonds is 4. The smallest absolute Gasteiger partial charge is 0.200 e. The zero-order valence-corrected chi connectivity index (χ0v) is 54.5. The van der Waals surface area contributed by atoms with E-state index in [4.69, 9.17) is 20.0 Å². The number of aliphatic imine (C=N–C) groups is 4. The minimum atomic E-state index is -2.75. The molecule has 11 aromatic rings. The summed E-state index contributed by atoms with van der Waals surface area (Å²) in [7, 11) is 0. The van der Waals surface area contributed by atoms with Crippen molar-refractivity contribution in [3.05, 3.63) is 384 Å². The molecule has 0 spiro atoms. The van der Waals surface area contributed by atoms with Crippen LogP contribution in [0.3, 0.4) is 0 Å². The van der Waals surface area contributed by atoms with Gasteiger partial charge in [-0.1, -0.05) is 24.3 Å². The molecular formula is C80H34F20N10. The van der Waals surface area contributed by atoms with Gasteiger partial charge in [-0.15, -0.1) is 0 Å². The lowest BCUT2D eigenvalue weighted by Crippen LogP contribution is -2.22. The maximum atomic E-state index is 16.8. The molecule has 0 saturated heterocycles. The van der Waals surface area contributed by atoms with Crippen LogP contribution in [0.15, 0.2) is 188 Å². The van der Waals surface area contributed by atoms with Gasteiger partial charge in [0.1, 0.15) is 0 Å². The number of aromatic amines is 6. The third kappa shape index (κ3) is 11.2. The van der Waals surface area contributed by atoms with Gasteiger partial charge in [-0.05, 0) is 156 Å². The predicted octanol–water partition coefficient (Wildman–Crippen LogP) is 14.6. The molecule has 0 unspecified atom stereocenters. The van der Waals surface area contributed by atoms with Crippen LogP contribution in [0, 0.1) is 116 Å². The topological polar surface area (TPSA) is 144 Å². The van der Waals surface area contributed by atoms with Crippen molar-refractivity contribution in [2.45, 2.75) is 0 Å². The average Bonchev–Trinajstić information content (AvgIpc) is 1.48. The first-order valence-corrected chi connectivity index (χ1v) is 32.3. The van der Waals surface area contributed by atoms with Crippen molar-refractivity contribution in [2.24, 2.45) is 20.0 Å². The molecular weight excluding hydrogens is 1480 g/mol. The molecule has 0 atom stereocenters. The second-order valence-corrected chi connectivity index (χ2v) is 25.1. The molecule has 6 aromatic heterocycles. The van der Waals surface area contributed by atoms with Gasteiger partial charge in [0.05, 0.1) is 67.9 Å². The zero-order chi connectivity index (χ0) is 76.9. The van der Waals surface area contributed by atoms with Crippen molar-refractivity contribution in [2.75, 3.05) is 0 Å². The highest BCUT2D eigenvalue weighted by Gasteiger charge is 2.37. The first-order chi connectivity index (χ1) is 52.8. The first-order valence-electron chi connectivity index (χ1n) is 32.3. The van der Waals surface area contributed by atoms with Gasteiger partial charge < -0.3 is 29.9 Å². The summed E-state index contributed by atoms with van der Waals surface area (Å²) in [4.78, 5) is 36.5. The van der Waals surface area contributed by atoms with Crippen LogP contribution >= 0.6 is 0 Å². The van der Waals surface area contributed by atoms with Gasteiger partial charge in [-0.3, -0.25) is 0 Å². The standard InChI is InChI=1S/C80H34F20N10/c81-61-57(62(82)70(90)77(97)69(61)89)53-43-17-15-41(106-43)51-29-1-2-30(4-3-29)52(40-14-12-38(105-40)28-36-10-8-34(103-36)26-32-6-5-31(101-32)25-33-7-9-35(102-33)27-37-11-13-39(51)104-37)42-16-18-44(107-42)54(58-63(83)71(91)78(98)72(92)64(58)84)46-20-22-48(109-46)56(60-67(87)75(95)80(100)76(96)68(60)88)50-24-23-49(110-50)55(47-21-19-45(53)108-47)59-65(85)73(93)79(99)74(94)66(59)86/h1-28,101-103,108-110H. The fourth-order valence-electron chi connectivity index (χ4n) is 13.6. The van der Waals surface area contributed by atoms with E-state index in [2.05, 4.69) is 29.9 Å². The van der Waals surface area contributed by atoms with Crippen LogP contribution in [0.2, 0.25) is 0 Å². The predicted molar refractivity (Wildman–Crippen MR) is 365 cm³/mol. The van der Waals surface area contributed by atoms with E-state index in [1.54, 1.807) is 48.6 Å². The molecule has 0 radical (unpaired) electrons. The van der Waals surface area contributed by atoms with E-state index in [1.165, 1.54) is 48.6 Å². The van der Waals surface area contributed by atoms with Gasteiger partial charge in [0, 0.05) is 100 Å². The first kappa shape index (κ1) is 69.3. The molecule has 0 saturated carbocycles. The van der Waals surface area contributed by atoms with E-state index in [0.717, 1.165) is 36.4 Å². The largest absolute Gasteiger partial charge is 0.355 e. The Morgan fingerprint density at radius 2 is 0.473 bits per heavy atom. The minimum absolute atomic E-state index is 0.0603. The molecule has 8 aliphatic rings. The Labute approximate surface area is 600 Å². The molecule has 544 valence electrons. The highest BCUT2D eigenvalue weighted by molar-refractivity contribution is 6.52. The Hall–Kier alpha value is -13.8. The molecule has 0 fully saturated rings. The number of halogens is 20. The highest BCUT2D eigenvalue weighted by Crippen LogP contribution is 2.42. The summed E-state index contributed by atoms with van der Waals surface area (Å²) in [5, 5.41) is -0.176. The number of benzene rings is 5. The number of nitrogens with zero attached hydrogens (tertiary/aromatic N) is 4. The number of allylic oxidation sites excluding steroid dienone is 8. The Bertz CT molecular complexity index is 6360. The van der Waals surface area contributed by atoms with Crippen molar-refractivity contribution in [1.82, 2.24) is 29.9 Å². The Balaban J connectivity index is 1.02. The molecule has 14 heterocycles. The summed E-state index contributed by atoms with van der Waals surface area (Å²) in [5.41, 5.74) is -13.8. The summed E-state index contributed by atoms with van der Waals surface area (Å²) >= 11 is 0. The van der Waals surface area contributed by atoms with Crippen molar-refractivity contribution >= 4 is 80.6 Å². The summed E-state index contributed by atoms with van der Waals surface area (Å²) in [6.07, 6.45) is 17.8. The van der Waals surface area contributed by atoms with Crippen LogP contribution in [0.1, 0.15) is 67.8 Å². The van der Waals surface area contributed by atoms with Gasteiger partial charge in [0.2, 0.25) is 23.3 Å². The maximum Gasteiger partial charge on any atom is 0.200 e. The molecule has 10 nitrogen and oxygen atoms in total. The van der Waals surface area contributed by atoms with E-state index in [-0.39, 0.29) is 44.4 Å². The van der Waals surface area contributed by atoms with E-state index in [0.29, 0.717) is 57.0 Å². The van der Waals surface area contributed by atoms with E-state index in [1.807, 2.05) is 24.3 Å². The Kier molecular flexibility index (Phi) is 16.4. The maximum absolute atomic E-state index is 16.8. The van der Waals surface area contributed by atoms with Gasteiger partial charge >= 0.3 is 0 Å². The van der Waals surface area contributed by atoms with Crippen LogP contribution in [0.4, 0.5) is 87.8 Å². The third-order valence-electron chi connectivity index (χ3n) is 18.5. The zero-order valence-electron chi connectivity index (χ0n) is 54.5. The number of aromatic nitrogens is 6. The van der Waals surface area contributed by atoms with Gasteiger partial charge in [-0.2, -0.15) is 0 Å². The lowest BCUT2D eigenvalue weighted by atomic mass is 9.98. The van der Waals surface area contributed by atoms with Crippen LogP contribution in [-0.2, 0) is 0 Å². The normalized spacial score (nSPS) is 15.3. The molecule has 110 heavy (non-hydrogen) atoms. The van der Waals surface area contributed by atoms with Crippen LogP contribution in [0.25, 0.3) is 57.7 Å². The number of H-pyrrole nitrogens is 6. The minimum Gasteiger partial charge on any atom is -0.355 e. The van der Waals surface area contributed by atoms with E-state index < -0.39 is 206 Å². The second kappa shape index (κ2) is 26.0. The Morgan fingerprint density at radius 1 is 0.200 bits per heavy atom. The molecule has 0 amide bonds. The van der Waals surface area contributed by atoms with Gasteiger partial charge in [0.15, 0.2) is 93.1 Å². The van der Waals surface area contributed by atoms with Crippen LogP contribution in [0.5, 0.6) is 0 Å². The molecule has 6 N–H and O–H groups in total. The fraction of sp³-hybridized carbons (Fsp3) is 0. The second-order valence-electron chi connectivity index (χ2n) is 25.1. The summed E-state index contributed by atoms with van der Waals surface area (Å²) in [6, 6.07) is 21.1. The molecule has 0 aliphatic carbocycles. The number of hydrogen-bond acceptors (Lipinski definition) is 4. The lowest BCUT2D eigenvalue weighted by Gasteiger charge is -2.14. The molecule has 5 aromatic carbocycles. The average molecular weight is 1520 g/mol. The molecule has 30 heteroatoms. The van der Waals surface area contributed by atoms with E-state index in [9.17, 15) is 0 Å². The monoisotopic (exact) mass is 1510 g/mol. The highest BCUT2D eigenvalue weighted by atomic mass is 19.2. The summed E-state index contributed by atoms with van der Waals surface area (Å²) in [5.74, 6) is -52.0. The molecule has 19 rings (SSSR count). The van der Waals surface area contributed by atoms with Crippen LogP contribution in [-0.4, -0.2) is 52.8 Å². The van der Waals surface area contributed by atoms with Crippen molar-refractivity contribution in [3.63, 3.8) is 0 Å². The van der Waals surface area contributed by atoms with Crippen molar-refractivity contribution in [3.8, 4) is 0 Å². The third-order valence-corrected chi connectivity index (χ3v) is 18.5. The summed E-state index contributed by atoms with van der Waals surface area (Å²) in [6.45, 7) is 0. The van der Waals surface area contributed by atoms with E-state index >= 15 is 87.8 Å². The number of nitrogens with one attached hydrogen (secondary N) is 6. The molecule has 24 bridgehead atoms. The number of hydrogen-bond donors (Lipinski definition) is 6. The lowest BCUT2D eigenvalue weighted by molar-refractivity contribution is 0.376. The fourth-order valence-corrected chi connectivity index (χ4v) is 13.6. The van der Waals surface area contributed by atoms with Crippen molar-refractivity contribution < 1.29 is 87.8 Å². The SMILES string of the molecule is Fc1c(F)c(F)c(C2=C3C=CC(=N3)C3=c4ccc(cc4)=C(C4=NC(=Cc5ccc([nH]5)C=c5ccc([nH]5)=Cc5ccc([nH]5)C=C5C=CC3=N5)C=C4)C3=NC(=C(c4c(F)c(F)c(F)c(F)c4F)c4ccc([nH]4)C(c4c(F)c(F)c(F)c(F)c4F)=c4ccc([nH]4)=C(c4c(F)c(F)c(F)c(F)c4F)c4ccc2[nH]4)C=C3)c(F)c1F. The van der Waals surface area contributed by atoms with Gasteiger partial charge in [0.25, 0.3) is 0 Å². The van der Waals surface area contributed by atoms with Gasteiger partial charge in [-0.25, -0.2) is 108 Å². The Morgan fingerprint density at radius 3 is 0.800 bits per heavy atom.